The Bertz CT molecular complexity index is 1080. The lowest BCUT2D eigenvalue weighted by molar-refractivity contribution is -0.136. The summed E-state index contributed by atoms with van der Waals surface area (Å²) < 4.78 is 19.2. The average molecular weight is 439 g/mol. The summed E-state index contributed by atoms with van der Waals surface area (Å²) in [6.45, 7) is 6.19. The Hall–Kier alpha value is -3.51. The first-order chi connectivity index (χ1) is 15.2. The van der Waals surface area contributed by atoms with E-state index in [1.165, 1.54) is 6.07 Å². The van der Waals surface area contributed by atoms with Crippen LogP contribution in [0.1, 0.15) is 56.7 Å². The number of carbonyl (C=O) groups is 1. The van der Waals surface area contributed by atoms with Crippen molar-refractivity contribution in [2.75, 3.05) is 18.1 Å². The minimum absolute atomic E-state index is 0.0774. The van der Waals surface area contributed by atoms with E-state index in [0.29, 0.717) is 23.6 Å². The van der Waals surface area contributed by atoms with E-state index < -0.39 is 17.3 Å². The molecule has 1 aliphatic rings. The van der Waals surface area contributed by atoms with Gasteiger partial charge in [-0.3, -0.25) is 0 Å². The summed E-state index contributed by atoms with van der Waals surface area (Å²) in [5.41, 5.74) is 12.1. The summed E-state index contributed by atoms with van der Waals surface area (Å²) >= 11 is 0. The molecule has 9 heteroatoms. The van der Waals surface area contributed by atoms with E-state index in [1.807, 2.05) is 4.90 Å². The Labute approximate surface area is 186 Å². The van der Waals surface area contributed by atoms with Crippen LogP contribution in [0.4, 0.5) is 10.2 Å². The van der Waals surface area contributed by atoms with Crippen LogP contribution in [0.2, 0.25) is 0 Å². The van der Waals surface area contributed by atoms with E-state index >= 15 is 0 Å². The molecule has 3 heterocycles. The lowest BCUT2D eigenvalue weighted by Crippen LogP contribution is -2.29. The number of ether oxygens (including phenoxy) is 1. The first kappa shape index (κ1) is 23.2. The van der Waals surface area contributed by atoms with E-state index in [4.69, 9.17) is 16.2 Å². The highest BCUT2D eigenvalue weighted by molar-refractivity contribution is 6.15. The van der Waals surface area contributed by atoms with Crippen molar-refractivity contribution < 1.29 is 13.9 Å². The van der Waals surface area contributed by atoms with Crippen molar-refractivity contribution in [2.45, 2.75) is 45.2 Å². The third kappa shape index (κ3) is 5.39. The van der Waals surface area contributed by atoms with Crippen molar-refractivity contribution in [3.8, 4) is 11.8 Å². The first-order valence-corrected chi connectivity index (χ1v) is 10.4. The van der Waals surface area contributed by atoms with Crippen molar-refractivity contribution in [3.63, 3.8) is 0 Å². The number of nitrogens with zero attached hydrogens (tertiary/aromatic N) is 4. The van der Waals surface area contributed by atoms with Crippen LogP contribution in [0.15, 0.2) is 30.7 Å². The van der Waals surface area contributed by atoms with Gasteiger partial charge in [-0.05, 0) is 51.7 Å². The van der Waals surface area contributed by atoms with Gasteiger partial charge in [-0.25, -0.2) is 24.1 Å². The van der Waals surface area contributed by atoms with Crippen LogP contribution < -0.4 is 16.4 Å². The summed E-state index contributed by atoms with van der Waals surface area (Å²) in [5, 5.41) is 0. The van der Waals surface area contributed by atoms with Crippen molar-refractivity contribution in [1.29, 1.82) is 0 Å². The maximum absolute atomic E-state index is 14.1. The highest BCUT2D eigenvalue weighted by Gasteiger charge is 2.30. The molecule has 0 bridgehead atoms. The third-order valence-electron chi connectivity index (χ3n) is 4.84. The lowest BCUT2D eigenvalue weighted by Gasteiger charge is -2.27. The molecule has 8 nitrogen and oxygen atoms in total. The Morgan fingerprint density at radius 2 is 2.22 bits per heavy atom. The Kier molecular flexibility index (Phi) is 7.05. The topological polar surface area (TPSA) is 120 Å². The van der Waals surface area contributed by atoms with E-state index in [2.05, 4.69) is 26.8 Å². The van der Waals surface area contributed by atoms with E-state index in [1.54, 1.807) is 33.0 Å². The molecule has 32 heavy (non-hydrogen) atoms. The van der Waals surface area contributed by atoms with Gasteiger partial charge in [-0.1, -0.05) is 5.92 Å². The fraction of sp³-hybridized carbons (Fsp3) is 0.391. The van der Waals surface area contributed by atoms with Gasteiger partial charge in [0, 0.05) is 24.5 Å². The van der Waals surface area contributed by atoms with Crippen LogP contribution in [0.3, 0.4) is 0 Å². The number of anilines is 1. The Morgan fingerprint density at radius 1 is 1.44 bits per heavy atom. The quantitative estimate of drug-likeness (QED) is 0.415. The second-order valence-corrected chi connectivity index (χ2v) is 7.95. The standard InChI is InChI=1S/C23H27FN6O2/c1-4-32-22(31)17(13-25)21-27-10-8-20(29-21)30-11-5-6-19(30)16-12-15(24)14-28-18(16)7-9-23(2,3)26/h8,10,12-14,19H,4-6,11,25-26H2,1-3H3. The lowest BCUT2D eigenvalue weighted by atomic mass is 10.0. The predicted octanol–water partition coefficient (Wildman–Crippen LogP) is 2.30. The number of rotatable bonds is 5. The predicted molar refractivity (Wildman–Crippen MR) is 119 cm³/mol. The molecule has 1 fully saturated rings. The van der Waals surface area contributed by atoms with Crippen molar-refractivity contribution >= 4 is 17.4 Å². The fourth-order valence-corrected chi connectivity index (χ4v) is 3.48. The molecule has 4 N–H and O–H groups in total. The molecular formula is C23H27FN6O2. The van der Waals surface area contributed by atoms with Crippen LogP contribution in [0.5, 0.6) is 0 Å². The van der Waals surface area contributed by atoms with Gasteiger partial charge in [-0.2, -0.15) is 0 Å². The van der Waals surface area contributed by atoms with Gasteiger partial charge in [0.1, 0.15) is 22.9 Å². The van der Waals surface area contributed by atoms with Crippen LogP contribution in [-0.2, 0) is 9.53 Å². The maximum atomic E-state index is 14.1. The SMILES string of the molecule is CCOC(=O)C(=CN)c1nccc(N2CCCC2c2cc(F)cnc2C#CC(C)(C)N)n1. The monoisotopic (exact) mass is 438 g/mol. The number of hydrogen-bond acceptors (Lipinski definition) is 8. The van der Waals surface area contributed by atoms with Gasteiger partial charge >= 0.3 is 5.97 Å². The van der Waals surface area contributed by atoms with Gasteiger partial charge in [0.25, 0.3) is 0 Å². The molecule has 1 aliphatic heterocycles. The molecule has 1 atom stereocenters. The molecule has 1 saturated heterocycles. The Balaban J connectivity index is 1.99. The number of hydrogen-bond donors (Lipinski definition) is 2. The van der Waals surface area contributed by atoms with Crippen LogP contribution >= 0.6 is 0 Å². The molecule has 0 radical (unpaired) electrons. The molecule has 3 rings (SSSR count). The third-order valence-corrected chi connectivity index (χ3v) is 4.84. The van der Waals surface area contributed by atoms with Gasteiger partial charge in [0.15, 0.2) is 5.82 Å². The fourth-order valence-electron chi connectivity index (χ4n) is 3.48. The number of aromatic nitrogens is 3. The molecule has 2 aromatic heterocycles. The largest absolute Gasteiger partial charge is 0.462 e. The molecule has 0 saturated carbocycles. The number of esters is 1. The Morgan fingerprint density at radius 3 is 2.91 bits per heavy atom. The van der Waals surface area contributed by atoms with Crippen molar-refractivity contribution in [1.82, 2.24) is 15.0 Å². The van der Waals surface area contributed by atoms with Gasteiger partial charge < -0.3 is 21.1 Å². The van der Waals surface area contributed by atoms with E-state index in [9.17, 15) is 9.18 Å². The molecular weight excluding hydrogens is 411 g/mol. The highest BCUT2D eigenvalue weighted by atomic mass is 19.1. The molecule has 2 aromatic rings. The number of carbonyl (C=O) groups excluding carboxylic acids is 1. The summed E-state index contributed by atoms with van der Waals surface area (Å²) in [5.74, 6) is 5.67. The molecule has 168 valence electrons. The highest BCUT2D eigenvalue weighted by Crippen LogP contribution is 2.36. The molecule has 0 aromatic carbocycles. The smallest absolute Gasteiger partial charge is 0.343 e. The molecule has 0 amide bonds. The van der Waals surface area contributed by atoms with Crippen LogP contribution in [-0.4, -0.2) is 39.6 Å². The van der Waals surface area contributed by atoms with Gasteiger partial charge in [-0.15, -0.1) is 0 Å². The summed E-state index contributed by atoms with van der Waals surface area (Å²) in [6.07, 6.45) is 5.47. The van der Waals surface area contributed by atoms with Gasteiger partial charge in [0.2, 0.25) is 0 Å². The van der Waals surface area contributed by atoms with Crippen LogP contribution in [0, 0.1) is 17.7 Å². The number of nitrogens with two attached hydrogens (primary N) is 2. The number of halogens is 1. The molecule has 0 spiro atoms. The zero-order valence-corrected chi connectivity index (χ0v) is 18.4. The summed E-state index contributed by atoms with van der Waals surface area (Å²) in [7, 11) is 0. The average Bonchev–Trinajstić information content (AvgIpc) is 3.23. The maximum Gasteiger partial charge on any atom is 0.343 e. The van der Waals surface area contributed by atoms with E-state index in [0.717, 1.165) is 25.2 Å². The van der Waals surface area contributed by atoms with Crippen molar-refractivity contribution in [3.05, 3.63) is 53.6 Å². The van der Waals surface area contributed by atoms with Crippen molar-refractivity contribution in [2.24, 2.45) is 11.5 Å². The normalized spacial score (nSPS) is 16.5. The first-order valence-electron chi connectivity index (χ1n) is 10.4. The summed E-state index contributed by atoms with van der Waals surface area (Å²) in [4.78, 5) is 27.1. The van der Waals surface area contributed by atoms with E-state index in [-0.39, 0.29) is 24.0 Å². The second kappa shape index (κ2) is 9.75. The number of pyridine rings is 1. The second-order valence-electron chi connectivity index (χ2n) is 7.95. The molecule has 0 aliphatic carbocycles. The van der Waals surface area contributed by atoms with Crippen LogP contribution in [0.25, 0.3) is 5.57 Å². The minimum atomic E-state index is -0.706. The minimum Gasteiger partial charge on any atom is -0.462 e. The van der Waals surface area contributed by atoms with Gasteiger partial charge in [0.05, 0.1) is 24.4 Å². The zero-order valence-electron chi connectivity index (χ0n) is 18.4. The zero-order chi connectivity index (χ0) is 23.3. The molecule has 1 unspecified atom stereocenters. The summed E-state index contributed by atoms with van der Waals surface area (Å²) in [6, 6.07) is 3.00.